The largest absolute Gasteiger partial charge is 0.447 e. The van der Waals surface area contributed by atoms with Crippen LogP contribution in [0.1, 0.15) is 10.4 Å². The molecular weight excluding hydrogens is 357 g/mol. The van der Waals surface area contributed by atoms with Gasteiger partial charge in [0.05, 0.1) is 5.56 Å². The van der Waals surface area contributed by atoms with E-state index < -0.39 is 33.8 Å². The summed E-state index contributed by atoms with van der Waals surface area (Å²) in [6, 6.07) is 9.90. The SMILES string of the molecule is O=C(Nc1ccc2oc(=O)ccc2c1)c1cccnc1SC(F)(F)F. The highest BCUT2D eigenvalue weighted by atomic mass is 32.2. The highest BCUT2D eigenvalue weighted by Crippen LogP contribution is 2.37. The lowest BCUT2D eigenvalue weighted by Crippen LogP contribution is -2.14. The second kappa shape index (κ2) is 6.60. The number of aromatic nitrogens is 1. The summed E-state index contributed by atoms with van der Waals surface area (Å²) in [7, 11) is 0. The Hall–Kier alpha value is -2.81. The second-order valence-electron chi connectivity index (χ2n) is 4.87. The van der Waals surface area contributed by atoms with Crippen LogP contribution in [0.15, 0.2) is 62.9 Å². The number of carbonyl (C=O) groups excluding carboxylic acids is 1. The van der Waals surface area contributed by atoms with Crippen LogP contribution in [0.2, 0.25) is 0 Å². The highest BCUT2D eigenvalue weighted by molar-refractivity contribution is 8.00. The zero-order valence-electron chi connectivity index (χ0n) is 12.3. The Bertz CT molecular complexity index is 1000. The number of benzene rings is 1. The molecular formula is C16H9F3N2O3S. The summed E-state index contributed by atoms with van der Waals surface area (Å²) in [6.45, 7) is 0. The minimum Gasteiger partial charge on any atom is -0.423 e. The van der Waals surface area contributed by atoms with E-state index in [4.69, 9.17) is 4.42 Å². The van der Waals surface area contributed by atoms with Gasteiger partial charge in [0, 0.05) is 35.1 Å². The summed E-state index contributed by atoms with van der Waals surface area (Å²) in [5.41, 5.74) is -4.57. The van der Waals surface area contributed by atoms with Crippen LogP contribution in [-0.4, -0.2) is 16.4 Å². The fourth-order valence-electron chi connectivity index (χ4n) is 2.10. The average Bonchev–Trinajstić information content (AvgIpc) is 2.54. The van der Waals surface area contributed by atoms with E-state index in [1.807, 2.05) is 0 Å². The van der Waals surface area contributed by atoms with Crippen molar-refractivity contribution < 1.29 is 22.4 Å². The number of halogens is 3. The maximum atomic E-state index is 12.6. The third kappa shape index (κ3) is 4.18. The van der Waals surface area contributed by atoms with Gasteiger partial charge in [-0.1, -0.05) is 0 Å². The Kier molecular flexibility index (Phi) is 4.49. The highest BCUT2D eigenvalue weighted by Gasteiger charge is 2.32. The predicted molar refractivity (Wildman–Crippen MR) is 86.6 cm³/mol. The minimum absolute atomic E-state index is 0.190. The Morgan fingerprint density at radius 1 is 1.16 bits per heavy atom. The molecule has 0 unspecified atom stereocenters. The number of nitrogens with one attached hydrogen (secondary N) is 1. The number of fused-ring (bicyclic) bond motifs is 1. The first-order valence-electron chi connectivity index (χ1n) is 6.88. The average molecular weight is 366 g/mol. The van der Waals surface area contributed by atoms with Crippen molar-refractivity contribution in [3.63, 3.8) is 0 Å². The molecule has 3 aromatic rings. The van der Waals surface area contributed by atoms with Crippen LogP contribution >= 0.6 is 11.8 Å². The quantitative estimate of drug-likeness (QED) is 0.559. The van der Waals surface area contributed by atoms with Crippen molar-refractivity contribution in [1.82, 2.24) is 4.98 Å². The van der Waals surface area contributed by atoms with Crippen molar-refractivity contribution in [3.8, 4) is 0 Å². The molecule has 1 amide bonds. The van der Waals surface area contributed by atoms with E-state index in [0.29, 0.717) is 16.7 Å². The first kappa shape index (κ1) is 17.0. The van der Waals surface area contributed by atoms with E-state index in [2.05, 4.69) is 10.3 Å². The van der Waals surface area contributed by atoms with E-state index in [9.17, 15) is 22.8 Å². The monoisotopic (exact) mass is 366 g/mol. The summed E-state index contributed by atoms with van der Waals surface area (Å²) in [4.78, 5) is 27.1. The van der Waals surface area contributed by atoms with Gasteiger partial charge in [0.15, 0.2) is 0 Å². The van der Waals surface area contributed by atoms with Crippen LogP contribution in [0.25, 0.3) is 11.0 Å². The predicted octanol–water partition coefficient (Wildman–Crippen LogP) is 4.05. The third-order valence-corrected chi connectivity index (χ3v) is 3.86. The maximum absolute atomic E-state index is 12.6. The van der Waals surface area contributed by atoms with E-state index in [-0.39, 0.29) is 5.56 Å². The van der Waals surface area contributed by atoms with Gasteiger partial charge in [-0.15, -0.1) is 0 Å². The molecule has 5 nitrogen and oxygen atoms in total. The van der Waals surface area contributed by atoms with E-state index in [1.54, 1.807) is 6.07 Å². The van der Waals surface area contributed by atoms with Crippen LogP contribution in [0.4, 0.5) is 18.9 Å². The zero-order valence-corrected chi connectivity index (χ0v) is 13.1. The molecule has 0 spiro atoms. The van der Waals surface area contributed by atoms with Crippen LogP contribution in [0.5, 0.6) is 0 Å². The summed E-state index contributed by atoms with van der Waals surface area (Å²) >= 11 is -0.451. The fourth-order valence-corrected chi connectivity index (χ4v) is 2.71. The first-order chi connectivity index (χ1) is 11.8. The topological polar surface area (TPSA) is 72.2 Å². The Morgan fingerprint density at radius 3 is 2.72 bits per heavy atom. The molecule has 0 aliphatic rings. The number of nitrogens with zero attached hydrogens (tertiary/aromatic N) is 1. The molecule has 0 atom stereocenters. The molecule has 0 bridgehead atoms. The molecule has 1 N–H and O–H groups in total. The lowest BCUT2D eigenvalue weighted by atomic mass is 10.2. The van der Waals surface area contributed by atoms with Crippen LogP contribution in [0.3, 0.4) is 0 Å². The lowest BCUT2D eigenvalue weighted by molar-refractivity contribution is -0.0329. The number of alkyl halides is 3. The minimum atomic E-state index is -4.55. The van der Waals surface area contributed by atoms with Crippen molar-refractivity contribution in [3.05, 3.63) is 64.6 Å². The van der Waals surface area contributed by atoms with Crippen LogP contribution in [-0.2, 0) is 0 Å². The molecule has 2 heterocycles. The van der Waals surface area contributed by atoms with Crippen molar-refractivity contribution in [2.45, 2.75) is 10.5 Å². The number of thioether (sulfide) groups is 1. The van der Waals surface area contributed by atoms with E-state index >= 15 is 0 Å². The number of carbonyl (C=O) groups is 1. The van der Waals surface area contributed by atoms with Gasteiger partial charge in [-0.25, -0.2) is 9.78 Å². The molecule has 0 saturated carbocycles. The summed E-state index contributed by atoms with van der Waals surface area (Å²) in [6.07, 6.45) is 1.18. The molecule has 1 aromatic carbocycles. The fraction of sp³-hybridized carbons (Fsp3) is 0.0625. The second-order valence-corrected chi connectivity index (χ2v) is 5.92. The molecule has 0 fully saturated rings. The summed E-state index contributed by atoms with van der Waals surface area (Å²) in [5, 5.41) is 2.64. The Morgan fingerprint density at radius 2 is 1.96 bits per heavy atom. The van der Waals surface area contributed by atoms with Gasteiger partial charge >= 0.3 is 11.1 Å². The van der Waals surface area contributed by atoms with Crippen molar-refractivity contribution >= 4 is 34.3 Å². The molecule has 128 valence electrons. The van der Waals surface area contributed by atoms with Gasteiger partial charge in [-0.05, 0) is 36.4 Å². The van der Waals surface area contributed by atoms with E-state index in [1.165, 1.54) is 42.6 Å². The molecule has 2 aromatic heterocycles. The molecule has 0 radical (unpaired) electrons. The van der Waals surface area contributed by atoms with Gasteiger partial charge < -0.3 is 9.73 Å². The summed E-state index contributed by atoms with van der Waals surface area (Å²) < 4.78 is 42.7. The number of anilines is 1. The lowest BCUT2D eigenvalue weighted by Gasteiger charge is -2.10. The molecule has 25 heavy (non-hydrogen) atoms. The molecule has 9 heteroatoms. The molecule has 3 rings (SSSR count). The first-order valence-corrected chi connectivity index (χ1v) is 7.69. The number of rotatable bonds is 3. The Balaban J connectivity index is 1.88. The molecule has 0 aliphatic carbocycles. The van der Waals surface area contributed by atoms with E-state index in [0.717, 1.165) is 0 Å². The van der Waals surface area contributed by atoms with Crippen molar-refractivity contribution in [2.75, 3.05) is 5.32 Å². The number of pyridine rings is 1. The van der Waals surface area contributed by atoms with Gasteiger partial charge in [0.25, 0.3) is 5.91 Å². The summed E-state index contributed by atoms with van der Waals surface area (Å²) in [5.74, 6) is -0.725. The van der Waals surface area contributed by atoms with Crippen LogP contribution in [0, 0.1) is 0 Å². The smallest absolute Gasteiger partial charge is 0.423 e. The third-order valence-electron chi connectivity index (χ3n) is 3.11. The maximum Gasteiger partial charge on any atom is 0.447 e. The zero-order chi connectivity index (χ0) is 18.0. The van der Waals surface area contributed by atoms with Crippen molar-refractivity contribution in [1.29, 1.82) is 0 Å². The number of amides is 1. The Labute approximate surface area is 142 Å². The normalized spacial score (nSPS) is 11.5. The van der Waals surface area contributed by atoms with Gasteiger partial charge in [-0.2, -0.15) is 13.2 Å². The molecule has 0 aliphatic heterocycles. The molecule has 0 saturated heterocycles. The number of hydrogen-bond donors (Lipinski definition) is 1. The standard InChI is InChI=1S/C16H9F3N2O3S/c17-16(18,19)25-15-11(2-1-7-20-15)14(23)21-10-4-5-12-9(8-10)3-6-13(22)24-12/h1-8H,(H,21,23). The van der Waals surface area contributed by atoms with Crippen LogP contribution < -0.4 is 10.9 Å². The van der Waals surface area contributed by atoms with Gasteiger partial charge in [0.2, 0.25) is 0 Å². The van der Waals surface area contributed by atoms with Gasteiger partial charge in [-0.3, -0.25) is 4.79 Å². The number of hydrogen-bond acceptors (Lipinski definition) is 5. The van der Waals surface area contributed by atoms with Crippen molar-refractivity contribution in [2.24, 2.45) is 0 Å². The van der Waals surface area contributed by atoms with Gasteiger partial charge in [0.1, 0.15) is 10.6 Å².